The van der Waals surface area contributed by atoms with Crippen LogP contribution in [0.2, 0.25) is 5.02 Å². The molecule has 1 N–H and O–H groups in total. The lowest BCUT2D eigenvalue weighted by Gasteiger charge is -2.16. The number of hydrazine groups is 1. The monoisotopic (exact) mass is 418 g/mol. The number of carbonyl (C=O) groups is 2. The number of nitrogens with zero attached hydrogens (tertiary/aromatic N) is 1. The van der Waals surface area contributed by atoms with E-state index in [1.807, 2.05) is 31.2 Å². The molecule has 1 heterocycles. The van der Waals surface area contributed by atoms with E-state index in [0.717, 1.165) is 28.1 Å². The van der Waals surface area contributed by atoms with Crippen molar-refractivity contribution in [3.8, 4) is 5.75 Å². The highest BCUT2D eigenvalue weighted by Gasteiger charge is 2.34. The van der Waals surface area contributed by atoms with E-state index in [2.05, 4.69) is 5.43 Å². The summed E-state index contributed by atoms with van der Waals surface area (Å²) in [5.41, 5.74) is 3.61. The molecule has 1 aliphatic heterocycles. The number of hydrogen-bond donors (Lipinski definition) is 1. The summed E-state index contributed by atoms with van der Waals surface area (Å²) in [6.45, 7) is 2.50. The molecular formula is C19H15ClN2O3S2. The number of nitrogens with one attached hydrogen (secondary N) is 1. The number of thioether (sulfide) groups is 1. The van der Waals surface area contributed by atoms with Gasteiger partial charge in [0.15, 0.2) is 4.32 Å². The third-order valence-corrected chi connectivity index (χ3v) is 5.25. The van der Waals surface area contributed by atoms with Gasteiger partial charge in [0.2, 0.25) is 0 Å². The Balaban J connectivity index is 1.74. The van der Waals surface area contributed by atoms with Gasteiger partial charge in [-0.15, -0.1) is 0 Å². The highest BCUT2D eigenvalue weighted by molar-refractivity contribution is 8.26. The predicted octanol–water partition coefficient (Wildman–Crippen LogP) is 4.28. The van der Waals surface area contributed by atoms with Gasteiger partial charge in [0.05, 0.1) is 22.1 Å². The Morgan fingerprint density at radius 2 is 1.96 bits per heavy atom. The van der Waals surface area contributed by atoms with Crippen LogP contribution in [0.15, 0.2) is 53.4 Å². The molecule has 0 saturated carbocycles. The molecule has 1 fully saturated rings. The van der Waals surface area contributed by atoms with Gasteiger partial charge in [-0.2, -0.15) is 5.01 Å². The second-order valence-corrected chi connectivity index (χ2v) is 7.52. The van der Waals surface area contributed by atoms with Crippen LogP contribution in [0.25, 0.3) is 6.08 Å². The number of amides is 2. The molecule has 2 aromatic rings. The largest absolute Gasteiger partial charge is 0.494 e. The minimum Gasteiger partial charge on any atom is -0.494 e. The van der Waals surface area contributed by atoms with Gasteiger partial charge >= 0.3 is 0 Å². The van der Waals surface area contributed by atoms with Crippen LogP contribution >= 0.6 is 35.6 Å². The SMILES string of the molecule is CCOc1ccc(/C=C2\SC(=S)N(NC(=O)c3ccccc3Cl)C2=O)cc1. The standard InChI is InChI=1S/C19H15ClN2O3S2/c1-2-25-13-9-7-12(8-10-13)11-16-18(24)22(19(26)27-16)21-17(23)14-5-3-4-6-15(14)20/h3-11H,2H2,1H3,(H,21,23)/b16-11-. The number of hydrogen-bond acceptors (Lipinski definition) is 5. The molecule has 0 aliphatic carbocycles. The van der Waals surface area contributed by atoms with E-state index in [4.69, 9.17) is 28.6 Å². The molecule has 0 aromatic heterocycles. The molecule has 2 amide bonds. The summed E-state index contributed by atoms with van der Waals surface area (Å²) in [6.07, 6.45) is 1.72. The van der Waals surface area contributed by atoms with Crippen molar-refractivity contribution in [3.05, 3.63) is 69.6 Å². The molecule has 1 saturated heterocycles. The summed E-state index contributed by atoms with van der Waals surface area (Å²) in [6, 6.07) is 13.9. The van der Waals surface area contributed by atoms with Crippen LogP contribution in [0.1, 0.15) is 22.8 Å². The number of benzene rings is 2. The normalized spacial score (nSPS) is 15.3. The van der Waals surface area contributed by atoms with Crippen molar-refractivity contribution in [2.45, 2.75) is 6.92 Å². The second kappa shape index (κ2) is 8.56. The average molecular weight is 419 g/mol. The van der Waals surface area contributed by atoms with E-state index in [9.17, 15) is 9.59 Å². The van der Waals surface area contributed by atoms with E-state index in [1.165, 1.54) is 0 Å². The maximum absolute atomic E-state index is 12.6. The average Bonchev–Trinajstić information content (AvgIpc) is 2.91. The first-order valence-electron chi connectivity index (χ1n) is 8.06. The molecule has 3 rings (SSSR count). The summed E-state index contributed by atoms with van der Waals surface area (Å²) in [7, 11) is 0. The molecular weight excluding hydrogens is 404 g/mol. The molecule has 0 unspecified atom stereocenters. The molecule has 5 nitrogen and oxygen atoms in total. The van der Waals surface area contributed by atoms with Gasteiger partial charge in [-0.1, -0.05) is 47.6 Å². The Hall–Kier alpha value is -2.35. The van der Waals surface area contributed by atoms with E-state index < -0.39 is 5.91 Å². The van der Waals surface area contributed by atoms with Crippen LogP contribution in [-0.4, -0.2) is 27.8 Å². The number of halogens is 1. The van der Waals surface area contributed by atoms with Gasteiger partial charge in [-0.3, -0.25) is 15.0 Å². The van der Waals surface area contributed by atoms with Gasteiger partial charge in [-0.05, 0) is 55.0 Å². The summed E-state index contributed by atoms with van der Waals surface area (Å²) in [5, 5.41) is 1.36. The molecule has 0 spiro atoms. The lowest BCUT2D eigenvalue weighted by molar-refractivity contribution is -0.123. The fraction of sp³-hybridized carbons (Fsp3) is 0.105. The fourth-order valence-corrected chi connectivity index (χ4v) is 3.75. The van der Waals surface area contributed by atoms with E-state index in [-0.39, 0.29) is 15.8 Å². The number of thiocarbonyl (C=S) groups is 1. The summed E-state index contributed by atoms with van der Waals surface area (Å²) in [4.78, 5) is 25.4. The van der Waals surface area contributed by atoms with Crippen LogP contribution in [0.3, 0.4) is 0 Å². The number of rotatable bonds is 5. The van der Waals surface area contributed by atoms with Crippen LogP contribution in [-0.2, 0) is 4.79 Å². The number of ether oxygens (including phenoxy) is 1. The Kier molecular flexibility index (Phi) is 6.15. The third kappa shape index (κ3) is 4.50. The molecule has 138 valence electrons. The van der Waals surface area contributed by atoms with Gasteiger partial charge in [-0.25, -0.2) is 0 Å². The van der Waals surface area contributed by atoms with Crippen molar-refractivity contribution < 1.29 is 14.3 Å². The number of carbonyl (C=O) groups excluding carboxylic acids is 2. The first-order chi connectivity index (χ1) is 13.0. The molecule has 0 bridgehead atoms. The summed E-state index contributed by atoms with van der Waals surface area (Å²) < 4.78 is 5.65. The fourth-order valence-electron chi connectivity index (χ4n) is 2.35. The minimum absolute atomic E-state index is 0.248. The van der Waals surface area contributed by atoms with Gasteiger partial charge in [0, 0.05) is 0 Å². The zero-order valence-corrected chi connectivity index (χ0v) is 16.7. The van der Waals surface area contributed by atoms with Crippen molar-refractivity contribution in [2.75, 3.05) is 6.61 Å². The predicted molar refractivity (Wildman–Crippen MR) is 112 cm³/mol. The summed E-state index contributed by atoms with van der Waals surface area (Å²) >= 11 is 12.4. The van der Waals surface area contributed by atoms with E-state index in [1.54, 1.807) is 30.3 Å². The summed E-state index contributed by atoms with van der Waals surface area (Å²) in [5.74, 6) is -0.132. The molecule has 0 atom stereocenters. The van der Waals surface area contributed by atoms with Crippen LogP contribution in [0, 0.1) is 0 Å². The Morgan fingerprint density at radius 1 is 1.26 bits per heavy atom. The van der Waals surface area contributed by atoms with Gasteiger partial charge in [0.25, 0.3) is 11.8 Å². The van der Waals surface area contributed by atoms with Gasteiger partial charge in [0.1, 0.15) is 5.75 Å². The first kappa shape index (κ1) is 19.4. The zero-order chi connectivity index (χ0) is 19.4. The van der Waals surface area contributed by atoms with Crippen molar-refractivity contribution in [1.29, 1.82) is 0 Å². The highest BCUT2D eigenvalue weighted by atomic mass is 35.5. The molecule has 1 aliphatic rings. The molecule has 0 radical (unpaired) electrons. The molecule has 8 heteroatoms. The smallest absolute Gasteiger partial charge is 0.285 e. The van der Waals surface area contributed by atoms with Crippen LogP contribution in [0.4, 0.5) is 0 Å². The third-order valence-electron chi connectivity index (χ3n) is 3.61. The van der Waals surface area contributed by atoms with Crippen molar-refractivity contribution in [2.24, 2.45) is 0 Å². The molecule has 2 aromatic carbocycles. The molecule has 27 heavy (non-hydrogen) atoms. The maximum atomic E-state index is 12.6. The minimum atomic E-state index is -0.501. The Labute approximate surface area is 171 Å². The van der Waals surface area contributed by atoms with Crippen molar-refractivity contribution in [1.82, 2.24) is 10.4 Å². The maximum Gasteiger partial charge on any atom is 0.285 e. The van der Waals surface area contributed by atoms with E-state index >= 15 is 0 Å². The van der Waals surface area contributed by atoms with Crippen LogP contribution in [0.5, 0.6) is 5.75 Å². The first-order valence-corrected chi connectivity index (χ1v) is 9.66. The van der Waals surface area contributed by atoms with Crippen molar-refractivity contribution in [3.63, 3.8) is 0 Å². The van der Waals surface area contributed by atoms with Crippen LogP contribution < -0.4 is 10.2 Å². The lowest BCUT2D eigenvalue weighted by atomic mass is 10.2. The zero-order valence-electron chi connectivity index (χ0n) is 14.3. The second-order valence-electron chi connectivity index (χ2n) is 5.44. The van der Waals surface area contributed by atoms with Gasteiger partial charge < -0.3 is 4.74 Å². The quantitative estimate of drug-likeness (QED) is 0.580. The lowest BCUT2D eigenvalue weighted by Crippen LogP contribution is -2.44. The Morgan fingerprint density at radius 3 is 2.63 bits per heavy atom. The highest BCUT2D eigenvalue weighted by Crippen LogP contribution is 2.32. The Bertz CT molecular complexity index is 929. The van der Waals surface area contributed by atoms with E-state index in [0.29, 0.717) is 16.5 Å². The van der Waals surface area contributed by atoms with Crippen molar-refractivity contribution >= 4 is 57.8 Å². The topological polar surface area (TPSA) is 58.6 Å².